The maximum absolute atomic E-state index is 13.8. The molecule has 3 amide bonds. The summed E-state index contributed by atoms with van der Waals surface area (Å²) in [7, 11) is 0. The fourth-order valence-electron chi connectivity index (χ4n) is 5.05. The molecule has 3 aromatic carbocycles. The molecule has 0 unspecified atom stereocenters. The largest absolute Gasteiger partial charge is 0.353 e. The molecule has 1 N–H and O–H groups in total. The molecule has 37 heavy (non-hydrogen) atoms. The fourth-order valence-corrected chi connectivity index (χ4v) is 5.27. The predicted octanol–water partition coefficient (Wildman–Crippen LogP) is 4.13. The van der Waals surface area contributed by atoms with E-state index in [9.17, 15) is 14.4 Å². The summed E-state index contributed by atoms with van der Waals surface area (Å²) in [6.07, 6.45) is 0.786. The molecule has 2 fully saturated rings. The van der Waals surface area contributed by atoms with Crippen molar-refractivity contribution in [3.63, 3.8) is 0 Å². The van der Waals surface area contributed by atoms with Gasteiger partial charge in [-0.05, 0) is 29.8 Å². The van der Waals surface area contributed by atoms with Crippen LogP contribution in [-0.2, 0) is 16.1 Å². The minimum atomic E-state index is -0.973. The zero-order valence-corrected chi connectivity index (χ0v) is 21.1. The molecule has 0 aromatic heterocycles. The van der Waals surface area contributed by atoms with Crippen molar-refractivity contribution in [2.75, 3.05) is 19.7 Å². The van der Waals surface area contributed by atoms with E-state index in [1.54, 1.807) is 58.3 Å². The highest BCUT2D eigenvalue weighted by Crippen LogP contribution is 2.39. The molecule has 2 heterocycles. The molecule has 0 aliphatic carbocycles. The lowest BCUT2D eigenvalue weighted by atomic mass is 9.96. The van der Waals surface area contributed by atoms with Gasteiger partial charge in [0, 0.05) is 38.0 Å². The number of rotatable bonds is 5. The summed E-state index contributed by atoms with van der Waals surface area (Å²) in [6, 6.07) is 24.7. The Morgan fingerprint density at radius 1 is 0.865 bits per heavy atom. The van der Waals surface area contributed by atoms with Crippen molar-refractivity contribution in [2.24, 2.45) is 0 Å². The molecule has 0 radical (unpaired) electrons. The van der Waals surface area contributed by atoms with Crippen LogP contribution in [0.1, 0.15) is 39.1 Å². The second kappa shape index (κ2) is 10.7. The predicted molar refractivity (Wildman–Crippen MR) is 140 cm³/mol. The number of ether oxygens (including phenoxy) is 1. The van der Waals surface area contributed by atoms with Crippen LogP contribution in [0.25, 0.3) is 0 Å². The molecule has 2 saturated heterocycles. The number of carbonyl (C=O) groups excluding carboxylic acids is 3. The quantitative estimate of drug-likeness (QED) is 0.552. The van der Waals surface area contributed by atoms with Gasteiger partial charge in [-0.25, -0.2) is 0 Å². The van der Waals surface area contributed by atoms with Crippen LogP contribution in [-0.4, -0.2) is 59.0 Å². The summed E-state index contributed by atoms with van der Waals surface area (Å²) < 4.78 is 6.26. The van der Waals surface area contributed by atoms with Crippen LogP contribution in [0.4, 0.5) is 0 Å². The number of halogens is 1. The number of carbonyl (C=O) groups is 3. The number of amides is 3. The molecule has 0 bridgehead atoms. The molecule has 1 spiro atoms. The van der Waals surface area contributed by atoms with E-state index in [0.29, 0.717) is 48.6 Å². The molecule has 1 atom stereocenters. The van der Waals surface area contributed by atoms with E-state index in [1.165, 1.54) is 0 Å². The van der Waals surface area contributed by atoms with Crippen LogP contribution in [0.3, 0.4) is 0 Å². The van der Waals surface area contributed by atoms with Gasteiger partial charge in [0.25, 0.3) is 11.8 Å². The average Bonchev–Trinajstić information content (AvgIpc) is 3.31. The lowest BCUT2D eigenvalue weighted by molar-refractivity contribution is -0.128. The van der Waals surface area contributed by atoms with Gasteiger partial charge in [-0.1, -0.05) is 72.3 Å². The fraction of sp³-hybridized carbons (Fsp3) is 0.276. The lowest BCUT2D eigenvalue weighted by Gasteiger charge is -2.44. The van der Waals surface area contributed by atoms with Crippen molar-refractivity contribution in [1.29, 1.82) is 0 Å². The molecule has 2 aliphatic rings. The van der Waals surface area contributed by atoms with Crippen LogP contribution < -0.4 is 5.32 Å². The Morgan fingerprint density at radius 3 is 2.16 bits per heavy atom. The number of piperidine rings is 1. The van der Waals surface area contributed by atoms with Crippen molar-refractivity contribution >= 4 is 29.3 Å². The van der Waals surface area contributed by atoms with Gasteiger partial charge < -0.3 is 15.0 Å². The molecule has 8 heteroatoms. The van der Waals surface area contributed by atoms with Crippen molar-refractivity contribution in [3.05, 3.63) is 107 Å². The Labute approximate surface area is 221 Å². The lowest BCUT2D eigenvalue weighted by Crippen LogP contribution is -2.59. The highest BCUT2D eigenvalue weighted by atomic mass is 35.5. The first-order valence-corrected chi connectivity index (χ1v) is 12.7. The summed E-state index contributed by atoms with van der Waals surface area (Å²) in [5, 5.41) is 3.37. The minimum absolute atomic E-state index is 0.0949. The summed E-state index contributed by atoms with van der Waals surface area (Å²) in [4.78, 5) is 43.5. The molecular formula is C29H28ClN3O4. The van der Waals surface area contributed by atoms with E-state index < -0.39 is 11.8 Å². The number of likely N-dealkylation sites (tertiary alicyclic amines) is 1. The molecule has 0 saturated carbocycles. The first-order valence-electron chi connectivity index (χ1n) is 12.4. The van der Waals surface area contributed by atoms with E-state index in [2.05, 4.69) is 5.32 Å². The minimum Gasteiger partial charge on any atom is -0.353 e. The van der Waals surface area contributed by atoms with Crippen molar-refractivity contribution in [3.8, 4) is 0 Å². The van der Waals surface area contributed by atoms with Crippen LogP contribution in [0.2, 0.25) is 5.02 Å². The Hall–Kier alpha value is -3.68. The van der Waals surface area contributed by atoms with Crippen LogP contribution in [0.5, 0.6) is 0 Å². The van der Waals surface area contributed by atoms with Crippen LogP contribution in [0, 0.1) is 0 Å². The van der Waals surface area contributed by atoms with Gasteiger partial charge in [-0.3, -0.25) is 19.3 Å². The normalized spacial score (nSPS) is 18.6. The van der Waals surface area contributed by atoms with Crippen LogP contribution >= 0.6 is 11.6 Å². The van der Waals surface area contributed by atoms with E-state index in [4.69, 9.17) is 16.3 Å². The molecule has 7 nitrogen and oxygen atoms in total. The second-order valence-electron chi connectivity index (χ2n) is 9.29. The third-order valence-electron chi connectivity index (χ3n) is 7.05. The third-order valence-corrected chi connectivity index (χ3v) is 7.38. The number of benzene rings is 3. The Bertz CT molecular complexity index is 1280. The van der Waals surface area contributed by atoms with Crippen molar-refractivity contribution in [2.45, 2.75) is 31.2 Å². The second-order valence-corrected chi connectivity index (χ2v) is 9.70. The summed E-state index contributed by atoms with van der Waals surface area (Å²) in [6.45, 7) is 1.20. The Kier molecular flexibility index (Phi) is 7.26. The van der Waals surface area contributed by atoms with Gasteiger partial charge in [0.15, 0.2) is 0 Å². The maximum atomic E-state index is 13.8. The molecule has 5 rings (SSSR count). The van der Waals surface area contributed by atoms with E-state index in [1.807, 2.05) is 36.4 Å². The summed E-state index contributed by atoms with van der Waals surface area (Å²) in [5.41, 5.74) is 0.932. The van der Waals surface area contributed by atoms with Crippen molar-refractivity contribution in [1.82, 2.24) is 15.1 Å². The van der Waals surface area contributed by atoms with E-state index in [0.717, 1.165) is 5.56 Å². The third kappa shape index (κ3) is 5.10. The number of hydrogen-bond donors (Lipinski definition) is 1. The molecular weight excluding hydrogens is 490 g/mol. The van der Waals surface area contributed by atoms with Gasteiger partial charge in [0.2, 0.25) is 5.91 Å². The first kappa shape index (κ1) is 25.0. The Balaban J connectivity index is 1.36. The summed E-state index contributed by atoms with van der Waals surface area (Å²) >= 11 is 6.25. The Morgan fingerprint density at radius 2 is 1.49 bits per heavy atom. The van der Waals surface area contributed by atoms with Gasteiger partial charge in [-0.2, -0.15) is 0 Å². The molecule has 3 aromatic rings. The van der Waals surface area contributed by atoms with Crippen LogP contribution in [0.15, 0.2) is 84.9 Å². The molecule has 2 aliphatic heterocycles. The summed E-state index contributed by atoms with van der Waals surface area (Å²) in [5.74, 6) is -0.681. The van der Waals surface area contributed by atoms with E-state index in [-0.39, 0.29) is 24.3 Å². The molecule has 190 valence electrons. The highest BCUT2D eigenvalue weighted by Gasteiger charge is 2.54. The van der Waals surface area contributed by atoms with Gasteiger partial charge in [-0.15, -0.1) is 0 Å². The van der Waals surface area contributed by atoms with Crippen molar-refractivity contribution < 1.29 is 19.1 Å². The SMILES string of the molecule is O=C(NCc1ccccc1)[C@H]1COC2(CCN(C(=O)c3ccccc3Cl)CC2)N1C(=O)c1ccccc1. The average molecular weight is 518 g/mol. The highest BCUT2D eigenvalue weighted by molar-refractivity contribution is 6.33. The van der Waals surface area contributed by atoms with Gasteiger partial charge in [0.05, 0.1) is 17.2 Å². The topological polar surface area (TPSA) is 79.0 Å². The van der Waals surface area contributed by atoms with E-state index >= 15 is 0 Å². The standard InChI is InChI=1S/C29H28ClN3O4/c30-24-14-8-7-13-23(24)28(36)32-17-15-29(16-18-32)33(27(35)22-11-5-2-6-12-22)25(20-37-29)26(34)31-19-21-9-3-1-4-10-21/h1-14,25H,15-20H2,(H,31,34)/t25-/m1/s1. The number of nitrogens with one attached hydrogen (secondary N) is 1. The zero-order valence-electron chi connectivity index (χ0n) is 20.3. The zero-order chi connectivity index (χ0) is 25.8. The number of nitrogens with zero attached hydrogens (tertiary/aromatic N) is 2. The van der Waals surface area contributed by atoms with Gasteiger partial charge >= 0.3 is 0 Å². The first-order chi connectivity index (χ1) is 18.0. The number of hydrogen-bond acceptors (Lipinski definition) is 4. The maximum Gasteiger partial charge on any atom is 0.256 e. The van der Waals surface area contributed by atoms with Gasteiger partial charge in [0.1, 0.15) is 11.8 Å². The monoisotopic (exact) mass is 517 g/mol. The smallest absolute Gasteiger partial charge is 0.256 e.